The van der Waals surface area contributed by atoms with Crippen molar-refractivity contribution in [2.75, 3.05) is 0 Å². The molecule has 0 radical (unpaired) electrons. The second-order valence-corrected chi connectivity index (χ2v) is 6.32. The summed E-state index contributed by atoms with van der Waals surface area (Å²) < 4.78 is 0. The average molecular weight is 299 g/mol. The molecule has 1 aliphatic rings. The molecular weight excluding hydrogens is 280 g/mol. The van der Waals surface area contributed by atoms with Crippen molar-refractivity contribution in [2.45, 2.75) is 32.6 Å². The van der Waals surface area contributed by atoms with E-state index >= 15 is 0 Å². The van der Waals surface area contributed by atoms with E-state index in [0.717, 1.165) is 47.4 Å². The van der Waals surface area contributed by atoms with Gasteiger partial charge in [-0.25, -0.2) is 0 Å². The molecule has 3 rings (SSSR count). The van der Waals surface area contributed by atoms with Crippen LogP contribution in [-0.4, -0.2) is 5.78 Å². The summed E-state index contributed by atoms with van der Waals surface area (Å²) in [4.78, 5) is 12.8. The second-order valence-electron chi connectivity index (χ2n) is 5.91. The lowest BCUT2D eigenvalue weighted by molar-refractivity contribution is 0.0915. The Kier molecular flexibility index (Phi) is 4.12. The highest BCUT2D eigenvalue weighted by atomic mass is 35.5. The number of Topliss-reactive ketones (excluding diaryl/α,β-unsaturated/α-hetero) is 1. The van der Waals surface area contributed by atoms with Crippen LogP contribution in [0.1, 0.15) is 39.9 Å². The van der Waals surface area contributed by atoms with Crippen molar-refractivity contribution in [2.24, 2.45) is 5.92 Å². The fourth-order valence-electron chi connectivity index (χ4n) is 3.15. The van der Waals surface area contributed by atoms with Crippen LogP contribution in [0.3, 0.4) is 0 Å². The number of carbonyl (C=O) groups excluding carboxylic acids is 1. The zero-order valence-corrected chi connectivity index (χ0v) is 13.0. The standard InChI is InChI=1S/C19H19ClO/c1-13-9-10-15(18(20)11-13)12-16-7-4-6-14-5-2-3-8-17(14)19(16)21/h2-3,5,8-11,16H,4,6-7,12H2,1H3. The highest BCUT2D eigenvalue weighted by Gasteiger charge is 2.25. The average Bonchev–Trinajstić information content (AvgIpc) is 2.63. The van der Waals surface area contributed by atoms with Crippen molar-refractivity contribution < 1.29 is 4.79 Å². The van der Waals surface area contributed by atoms with E-state index in [1.807, 2.05) is 31.2 Å². The number of hydrogen-bond acceptors (Lipinski definition) is 1. The van der Waals surface area contributed by atoms with E-state index in [0.29, 0.717) is 0 Å². The summed E-state index contributed by atoms with van der Waals surface area (Å²) in [5.74, 6) is 0.327. The molecule has 2 heteroatoms. The van der Waals surface area contributed by atoms with E-state index in [2.05, 4.69) is 18.2 Å². The van der Waals surface area contributed by atoms with Crippen LogP contribution in [0.25, 0.3) is 0 Å². The molecule has 0 amide bonds. The first-order valence-corrected chi connectivity index (χ1v) is 7.90. The quantitative estimate of drug-likeness (QED) is 0.711. The highest BCUT2D eigenvalue weighted by Crippen LogP contribution is 2.29. The third-order valence-electron chi connectivity index (χ3n) is 4.33. The van der Waals surface area contributed by atoms with E-state index in [4.69, 9.17) is 11.6 Å². The first-order chi connectivity index (χ1) is 10.1. The van der Waals surface area contributed by atoms with Crippen molar-refractivity contribution in [1.29, 1.82) is 0 Å². The molecule has 0 aliphatic heterocycles. The third-order valence-corrected chi connectivity index (χ3v) is 4.68. The Bertz CT molecular complexity index is 675. The summed E-state index contributed by atoms with van der Waals surface area (Å²) in [5, 5.41) is 0.778. The number of halogens is 1. The topological polar surface area (TPSA) is 17.1 Å². The zero-order chi connectivity index (χ0) is 14.8. The number of hydrogen-bond donors (Lipinski definition) is 0. The fraction of sp³-hybridized carbons (Fsp3) is 0.316. The van der Waals surface area contributed by atoms with E-state index < -0.39 is 0 Å². The number of aryl methyl sites for hydroxylation is 2. The molecule has 0 spiro atoms. The lowest BCUT2D eigenvalue weighted by atomic mass is 9.89. The van der Waals surface area contributed by atoms with Gasteiger partial charge in [-0.3, -0.25) is 4.79 Å². The SMILES string of the molecule is Cc1ccc(CC2CCCc3ccccc3C2=O)c(Cl)c1. The number of ketones is 1. The first kappa shape index (κ1) is 14.3. The van der Waals surface area contributed by atoms with Gasteiger partial charge >= 0.3 is 0 Å². The molecule has 0 saturated heterocycles. The van der Waals surface area contributed by atoms with Crippen molar-refractivity contribution in [3.63, 3.8) is 0 Å². The maximum absolute atomic E-state index is 12.8. The van der Waals surface area contributed by atoms with Gasteiger partial charge in [0.2, 0.25) is 0 Å². The van der Waals surface area contributed by atoms with Gasteiger partial charge in [0, 0.05) is 16.5 Å². The van der Waals surface area contributed by atoms with Crippen molar-refractivity contribution in [1.82, 2.24) is 0 Å². The summed E-state index contributed by atoms with van der Waals surface area (Å²) in [6.07, 6.45) is 3.75. The van der Waals surface area contributed by atoms with Crippen LogP contribution < -0.4 is 0 Å². The van der Waals surface area contributed by atoms with Crippen LogP contribution in [0.4, 0.5) is 0 Å². The number of benzene rings is 2. The maximum atomic E-state index is 12.8. The molecule has 2 aromatic rings. The number of fused-ring (bicyclic) bond motifs is 1. The lowest BCUT2D eigenvalue weighted by Gasteiger charge is -2.15. The molecule has 0 saturated carbocycles. The maximum Gasteiger partial charge on any atom is 0.166 e. The van der Waals surface area contributed by atoms with Gasteiger partial charge < -0.3 is 0 Å². The minimum atomic E-state index is 0.0499. The van der Waals surface area contributed by atoms with Gasteiger partial charge in [0.1, 0.15) is 0 Å². The van der Waals surface area contributed by atoms with E-state index in [9.17, 15) is 4.79 Å². The van der Waals surface area contributed by atoms with Gasteiger partial charge in [-0.05, 0) is 55.4 Å². The lowest BCUT2D eigenvalue weighted by Crippen LogP contribution is -2.17. The molecule has 21 heavy (non-hydrogen) atoms. The van der Waals surface area contributed by atoms with Gasteiger partial charge in [0.25, 0.3) is 0 Å². The molecule has 2 aromatic carbocycles. The van der Waals surface area contributed by atoms with Crippen molar-refractivity contribution in [3.05, 3.63) is 69.7 Å². The smallest absolute Gasteiger partial charge is 0.166 e. The summed E-state index contributed by atoms with van der Waals surface area (Å²) in [6.45, 7) is 2.03. The number of carbonyl (C=O) groups is 1. The highest BCUT2D eigenvalue weighted by molar-refractivity contribution is 6.31. The van der Waals surface area contributed by atoms with Crippen LogP contribution in [0.15, 0.2) is 42.5 Å². The molecule has 108 valence electrons. The second kappa shape index (κ2) is 6.03. The monoisotopic (exact) mass is 298 g/mol. The van der Waals surface area contributed by atoms with Gasteiger partial charge in [-0.1, -0.05) is 48.0 Å². The Hall–Kier alpha value is -1.60. The molecule has 1 atom stereocenters. The van der Waals surface area contributed by atoms with E-state index in [1.165, 1.54) is 5.56 Å². The molecule has 0 bridgehead atoms. The molecule has 0 aromatic heterocycles. The number of rotatable bonds is 2. The predicted molar refractivity (Wildman–Crippen MR) is 87.1 cm³/mol. The molecule has 0 N–H and O–H groups in total. The minimum Gasteiger partial charge on any atom is -0.294 e. The van der Waals surface area contributed by atoms with Crippen LogP contribution in [-0.2, 0) is 12.8 Å². The molecule has 0 heterocycles. The van der Waals surface area contributed by atoms with Gasteiger partial charge in [-0.15, -0.1) is 0 Å². The van der Waals surface area contributed by atoms with Crippen LogP contribution in [0, 0.1) is 12.8 Å². The normalized spacial score (nSPS) is 18.2. The summed E-state index contributed by atoms with van der Waals surface area (Å²) in [5.41, 5.74) is 4.34. The van der Waals surface area contributed by atoms with Crippen LogP contribution >= 0.6 is 11.6 Å². The zero-order valence-electron chi connectivity index (χ0n) is 12.2. The first-order valence-electron chi connectivity index (χ1n) is 7.52. The van der Waals surface area contributed by atoms with Crippen LogP contribution in [0.5, 0.6) is 0 Å². The molecule has 1 unspecified atom stereocenters. The molecule has 0 fully saturated rings. The van der Waals surface area contributed by atoms with E-state index in [1.54, 1.807) is 0 Å². The van der Waals surface area contributed by atoms with E-state index in [-0.39, 0.29) is 11.7 Å². The Balaban J connectivity index is 1.87. The van der Waals surface area contributed by atoms with Gasteiger partial charge in [0.05, 0.1) is 0 Å². The minimum absolute atomic E-state index is 0.0499. The van der Waals surface area contributed by atoms with Gasteiger partial charge in [-0.2, -0.15) is 0 Å². The summed E-state index contributed by atoms with van der Waals surface area (Å²) >= 11 is 6.33. The Morgan fingerprint density at radius 2 is 2.00 bits per heavy atom. The fourth-order valence-corrected chi connectivity index (χ4v) is 3.46. The Morgan fingerprint density at radius 3 is 2.81 bits per heavy atom. The van der Waals surface area contributed by atoms with Gasteiger partial charge in [0.15, 0.2) is 5.78 Å². The molecular formula is C19H19ClO. The Morgan fingerprint density at radius 1 is 1.19 bits per heavy atom. The largest absolute Gasteiger partial charge is 0.294 e. The van der Waals surface area contributed by atoms with Crippen molar-refractivity contribution in [3.8, 4) is 0 Å². The summed E-state index contributed by atoms with van der Waals surface area (Å²) in [7, 11) is 0. The predicted octanol–water partition coefficient (Wildman–Crippen LogP) is 5.03. The third kappa shape index (κ3) is 3.03. The Labute approximate surface area is 131 Å². The summed E-state index contributed by atoms with van der Waals surface area (Å²) in [6, 6.07) is 14.1. The molecule has 1 aliphatic carbocycles. The van der Waals surface area contributed by atoms with Crippen molar-refractivity contribution >= 4 is 17.4 Å². The van der Waals surface area contributed by atoms with Crippen LogP contribution in [0.2, 0.25) is 5.02 Å². The molecule has 1 nitrogen and oxygen atoms in total.